The van der Waals surface area contributed by atoms with Crippen molar-refractivity contribution >= 4 is 18.3 Å². The number of hydrogen-bond acceptors (Lipinski definition) is 3. The van der Waals surface area contributed by atoms with Gasteiger partial charge in [-0.1, -0.05) is 12.8 Å². The van der Waals surface area contributed by atoms with Gasteiger partial charge in [-0.2, -0.15) is 0 Å². The fraction of sp³-hybridized carbons (Fsp3) is 0.933. The summed E-state index contributed by atoms with van der Waals surface area (Å²) in [6, 6.07) is 0.0901. The number of piperidine rings is 1. The smallest absolute Gasteiger partial charge is 0.239 e. The van der Waals surface area contributed by atoms with Gasteiger partial charge in [0.15, 0.2) is 0 Å². The minimum absolute atomic E-state index is 0. The molecule has 3 fully saturated rings. The summed E-state index contributed by atoms with van der Waals surface area (Å²) >= 11 is 0. The molecule has 0 bridgehead atoms. The van der Waals surface area contributed by atoms with Gasteiger partial charge in [-0.05, 0) is 45.1 Å². The first kappa shape index (κ1) is 16.1. The van der Waals surface area contributed by atoms with E-state index in [1.807, 2.05) is 4.90 Å². The molecule has 116 valence electrons. The molecule has 4 nitrogen and oxygen atoms in total. The largest absolute Gasteiger partial charge is 0.375 e. The van der Waals surface area contributed by atoms with E-state index in [1.165, 1.54) is 25.7 Å². The number of rotatable bonds is 3. The summed E-state index contributed by atoms with van der Waals surface area (Å²) in [5.74, 6) is 0.316. The maximum Gasteiger partial charge on any atom is 0.239 e. The summed E-state index contributed by atoms with van der Waals surface area (Å²) in [6.07, 6.45) is 10.2. The van der Waals surface area contributed by atoms with Crippen LogP contribution in [-0.2, 0) is 9.53 Å². The zero-order valence-electron chi connectivity index (χ0n) is 12.2. The second-order valence-electron chi connectivity index (χ2n) is 6.22. The van der Waals surface area contributed by atoms with E-state index in [0.717, 1.165) is 45.3 Å². The number of halogens is 1. The maximum atomic E-state index is 12.3. The molecule has 3 aliphatic rings. The van der Waals surface area contributed by atoms with Gasteiger partial charge < -0.3 is 15.0 Å². The SMILES string of the molecule is Cl.O=C(C1CCCN1)N1CCC(OC2CCCC2)CC1. The molecule has 1 N–H and O–H groups in total. The number of nitrogens with zero attached hydrogens (tertiary/aromatic N) is 1. The molecule has 1 atom stereocenters. The monoisotopic (exact) mass is 302 g/mol. The van der Waals surface area contributed by atoms with E-state index in [4.69, 9.17) is 4.74 Å². The van der Waals surface area contributed by atoms with Gasteiger partial charge in [-0.25, -0.2) is 0 Å². The molecular weight excluding hydrogens is 276 g/mol. The van der Waals surface area contributed by atoms with Crippen molar-refractivity contribution in [3.63, 3.8) is 0 Å². The predicted molar refractivity (Wildman–Crippen MR) is 81.2 cm³/mol. The summed E-state index contributed by atoms with van der Waals surface area (Å²) in [5.41, 5.74) is 0. The molecule has 1 saturated carbocycles. The van der Waals surface area contributed by atoms with Crippen LogP contribution in [0, 0.1) is 0 Å². The number of carbonyl (C=O) groups excluding carboxylic acids is 1. The molecule has 1 aliphatic carbocycles. The van der Waals surface area contributed by atoms with Crippen LogP contribution in [0.15, 0.2) is 0 Å². The van der Waals surface area contributed by atoms with Crippen LogP contribution < -0.4 is 5.32 Å². The van der Waals surface area contributed by atoms with Crippen LogP contribution in [0.3, 0.4) is 0 Å². The number of nitrogens with one attached hydrogen (secondary N) is 1. The molecule has 20 heavy (non-hydrogen) atoms. The van der Waals surface area contributed by atoms with Gasteiger partial charge in [0.05, 0.1) is 18.2 Å². The highest BCUT2D eigenvalue weighted by molar-refractivity contribution is 5.85. The number of likely N-dealkylation sites (tertiary alicyclic amines) is 1. The van der Waals surface area contributed by atoms with Crippen LogP contribution in [0.25, 0.3) is 0 Å². The van der Waals surface area contributed by atoms with Crippen LogP contribution in [-0.4, -0.2) is 48.7 Å². The average molecular weight is 303 g/mol. The van der Waals surface area contributed by atoms with Crippen molar-refractivity contribution in [3.05, 3.63) is 0 Å². The van der Waals surface area contributed by atoms with E-state index in [9.17, 15) is 4.79 Å². The normalized spacial score (nSPS) is 28.6. The molecule has 0 aromatic rings. The summed E-state index contributed by atoms with van der Waals surface area (Å²) in [6.45, 7) is 2.76. The van der Waals surface area contributed by atoms with Crippen LogP contribution >= 0.6 is 12.4 Å². The Bertz CT molecular complexity index is 307. The van der Waals surface area contributed by atoms with Crippen molar-refractivity contribution in [2.24, 2.45) is 0 Å². The average Bonchev–Trinajstić information content (AvgIpc) is 3.12. The summed E-state index contributed by atoms with van der Waals surface area (Å²) in [7, 11) is 0. The molecule has 5 heteroatoms. The molecule has 0 aromatic carbocycles. The number of carbonyl (C=O) groups is 1. The minimum Gasteiger partial charge on any atom is -0.375 e. The van der Waals surface area contributed by atoms with Crippen molar-refractivity contribution in [2.75, 3.05) is 19.6 Å². The summed E-state index contributed by atoms with van der Waals surface area (Å²) in [5, 5.41) is 3.30. The lowest BCUT2D eigenvalue weighted by molar-refractivity contribution is -0.136. The molecule has 0 radical (unpaired) electrons. The molecule has 2 heterocycles. The lowest BCUT2D eigenvalue weighted by Gasteiger charge is -2.34. The van der Waals surface area contributed by atoms with E-state index in [2.05, 4.69) is 5.32 Å². The Hall–Kier alpha value is -0.320. The Kier molecular flexibility index (Phi) is 6.12. The van der Waals surface area contributed by atoms with Gasteiger partial charge in [0.2, 0.25) is 5.91 Å². The first-order valence-electron chi connectivity index (χ1n) is 8.00. The quantitative estimate of drug-likeness (QED) is 0.868. The van der Waals surface area contributed by atoms with Crippen LogP contribution in [0.5, 0.6) is 0 Å². The Morgan fingerprint density at radius 1 is 0.950 bits per heavy atom. The van der Waals surface area contributed by atoms with E-state index in [0.29, 0.717) is 18.1 Å². The van der Waals surface area contributed by atoms with Crippen LogP contribution in [0.4, 0.5) is 0 Å². The van der Waals surface area contributed by atoms with Gasteiger partial charge >= 0.3 is 0 Å². The number of hydrogen-bond donors (Lipinski definition) is 1. The third kappa shape index (κ3) is 3.86. The van der Waals surface area contributed by atoms with E-state index in [1.54, 1.807) is 0 Å². The standard InChI is InChI=1S/C15H26N2O2.ClH/c18-15(14-6-3-9-16-14)17-10-7-13(8-11-17)19-12-4-1-2-5-12;/h12-14,16H,1-11H2;1H. The van der Waals surface area contributed by atoms with Crippen molar-refractivity contribution in [3.8, 4) is 0 Å². The van der Waals surface area contributed by atoms with Crippen LogP contribution in [0.1, 0.15) is 51.4 Å². The molecule has 3 rings (SSSR count). The molecule has 0 aromatic heterocycles. The predicted octanol–water partition coefficient (Wildman–Crippen LogP) is 2.11. The Balaban J connectivity index is 0.00000147. The molecule has 0 spiro atoms. The van der Waals surface area contributed by atoms with Crippen molar-refractivity contribution < 1.29 is 9.53 Å². The molecular formula is C15H27ClN2O2. The zero-order valence-corrected chi connectivity index (χ0v) is 13.0. The fourth-order valence-corrected chi connectivity index (χ4v) is 3.62. The van der Waals surface area contributed by atoms with E-state index >= 15 is 0 Å². The van der Waals surface area contributed by atoms with Gasteiger partial charge in [0.25, 0.3) is 0 Å². The van der Waals surface area contributed by atoms with Crippen molar-refractivity contribution in [2.45, 2.75) is 69.6 Å². The van der Waals surface area contributed by atoms with Gasteiger partial charge in [0, 0.05) is 13.1 Å². The lowest BCUT2D eigenvalue weighted by Crippen LogP contribution is -2.48. The first-order valence-corrected chi connectivity index (χ1v) is 8.00. The summed E-state index contributed by atoms with van der Waals surface area (Å²) < 4.78 is 6.15. The lowest BCUT2D eigenvalue weighted by atomic mass is 10.1. The van der Waals surface area contributed by atoms with Gasteiger partial charge in [-0.3, -0.25) is 4.79 Å². The third-order valence-electron chi connectivity index (χ3n) is 4.80. The second-order valence-corrected chi connectivity index (χ2v) is 6.22. The maximum absolute atomic E-state index is 12.3. The molecule has 2 aliphatic heterocycles. The third-order valence-corrected chi connectivity index (χ3v) is 4.80. The fourth-order valence-electron chi connectivity index (χ4n) is 3.62. The Morgan fingerprint density at radius 2 is 1.60 bits per heavy atom. The van der Waals surface area contributed by atoms with E-state index in [-0.39, 0.29) is 18.4 Å². The topological polar surface area (TPSA) is 41.6 Å². The zero-order chi connectivity index (χ0) is 13.1. The highest BCUT2D eigenvalue weighted by Crippen LogP contribution is 2.25. The molecule has 1 unspecified atom stereocenters. The first-order chi connectivity index (χ1) is 9.33. The Morgan fingerprint density at radius 3 is 2.20 bits per heavy atom. The highest BCUT2D eigenvalue weighted by Gasteiger charge is 2.31. The van der Waals surface area contributed by atoms with Crippen molar-refractivity contribution in [1.82, 2.24) is 10.2 Å². The summed E-state index contributed by atoms with van der Waals surface area (Å²) in [4.78, 5) is 14.3. The van der Waals surface area contributed by atoms with Crippen molar-refractivity contribution in [1.29, 1.82) is 0 Å². The van der Waals surface area contributed by atoms with Gasteiger partial charge in [0.1, 0.15) is 0 Å². The van der Waals surface area contributed by atoms with Gasteiger partial charge in [-0.15, -0.1) is 12.4 Å². The molecule has 2 saturated heterocycles. The molecule has 1 amide bonds. The Labute approximate surface area is 128 Å². The van der Waals surface area contributed by atoms with Crippen LogP contribution in [0.2, 0.25) is 0 Å². The second kappa shape index (κ2) is 7.62. The highest BCUT2D eigenvalue weighted by atomic mass is 35.5. The number of ether oxygens (including phenoxy) is 1. The number of amides is 1. The minimum atomic E-state index is 0. The van der Waals surface area contributed by atoms with E-state index < -0.39 is 0 Å².